The molecule has 0 atom stereocenters. The Kier molecular flexibility index (Phi) is 3.09. The third kappa shape index (κ3) is 2.31. The minimum Gasteiger partial charge on any atom is -0.326 e. The van der Waals surface area contributed by atoms with Crippen molar-refractivity contribution in [1.82, 2.24) is 0 Å². The molecule has 0 aliphatic rings. The number of aryl methyl sites for hydroxylation is 1. The zero-order valence-electron chi connectivity index (χ0n) is 6.60. The molecule has 0 heterocycles. The highest BCUT2D eigenvalue weighted by Crippen LogP contribution is 2.15. The molecule has 0 saturated carbocycles. The monoisotopic (exact) mass is 213 g/mol. The third-order valence-corrected chi connectivity index (χ3v) is 2.12. The van der Waals surface area contributed by atoms with Crippen molar-refractivity contribution < 1.29 is 0 Å². The lowest BCUT2D eigenvalue weighted by molar-refractivity contribution is 1.04. The number of nitrogens with two attached hydrogens (primary N) is 1. The number of halogens is 1. The molecule has 0 aromatic heterocycles. The van der Waals surface area contributed by atoms with Gasteiger partial charge in [0, 0.05) is 11.0 Å². The predicted molar refractivity (Wildman–Crippen MR) is 51.4 cm³/mol. The Morgan fingerprint density at radius 3 is 2.45 bits per heavy atom. The highest BCUT2D eigenvalue weighted by molar-refractivity contribution is 9.10. The highest BCUT2D eigenvalue weighted by Gasteiger charge is 1.95. The van der Waals surface area contributed by atoms with Crippen molar-refractivity contribution in [3.63, 3.8) is 0 Å². The van der Waals surface area contributed by atoms with Gasteiger partial charge in [0.1, 0.15) is 0 Å². The molecule has 0 saturated heterocycles. The van der Waals surface area contributed by atoms with Gasteiger partial charge in [0.25, 0.3) is 0 Å². The maximum absolute atomic E-state index is 5.52. The SMILES string of the molecule is CCc1cc(Br)cc(CN)c1. The van der Waals surface area contributed by atoms with Crippen molar-refractivity contribution in [3.05, 3.63) is 33.8 Å². The van der Waals surface area contributed by atoms with Crippen LogP contribution in [0.15, 0.2) is 22.7 Å². The molecule has 1 rings (SSSR count). The Morgan fingerprint density at radius 2 is 1.91 bits per heavy atom. The Labute approximate surface area is 75.7 Å². The van der Waals surface area contributed by atoms with Crippen LogP contribution in [0.25, 0.3) is 0 Å². The topological polar surface area (TPSA) is 26.0 Å². The lowest BCUT2D eigenvalue weighted by Gasteiger charge is -2.01. The second-order valence-corrected chi connectivity index (χ2v) is 3.44. The van der Waals surface area contributed by atoms with Crippen LogP contribution in [0, 0.1) is 0 Å². The Morgan fingerprint density at radius 1 is 1.27 bits per heavy atom. The molecule has 1 nitrogen and oxygen atoms in total. The first-order chi connectivity index (χ1) is 5.26. The first kappa shape index (κ1) is 8.75. The van der Waals surface area contributed by atoms with E-state index >= 15 is 0 Å². The standard InChI is InChI=1S/C9H12BrN/c1-2-7-3-8(6-11)5-9(10)4-7/h3-5H,2,6,11H2,1H3. The molecular formula is C9H12BrN. The number of rotatable bonds is 2. The molecule has 2 N–H and O–H groups in total. The Balaban J connectivity index is 3.02. The molecule has 0 aliphatic carbocycles. The molecule has 0 radical (unpaired) electrons. The van der Waals surface area contributed by atoms with E-state index in [1.54, 1.807) is 0 Å². The van der Waals surface area contributed by atoms with E-state index in [4.69, 9.17) is 5.73 Å². The van der Waals surface area contributed by atoms with E-state index in [2.05, 4.69) is 41.1 Å². The fourth-order valence-corrected chi connectivity index (χ4v) is 1.63. The fourth-order valence-electron chi connectivity index (χ4n) is 1.04. The van der Waals surface area contributed by atoms with Gasteiger partial charge < -0.3 is 5.73 Å². The molecule has 11 heavy (non-hydrogen) atoms. The Hall–Kier alpha value is -0.340. The van der Waals surface area contributed by atoms with Crippen molar-refractivity contribution >= 4 is 15.9 Å². The number of hydrogen-bond donors (Lipinski definition) is 1. The normalized spacial score (nSPS) is 10.1. The van der Waals surface area contributed by atoms with Crippen LogP contribution >= 0.6 is 15.9 Å². The average Bonchev–Trinajstić information content (AvgIpc) is 2.03. The van der Waals surface area contributed by atoms with Crippen LogP contribution in [-0.4, -0.2) is 0 Å². The lowest BCUT2D eigenvalue weighted by atomic mass is 10.1. The van der Waals surface area contributed by atoms with Crippen LogP contribution in [0.3, 0.4) is 0 Å². The summed E-state index contributed by atoms with van der Waals surface area (Å²) in [5.74, 6) is 0. The van der Waals surface area contributed by atoms with E-state index in [1.807, 2.05) is 0 Å². The van der Waals surface area contributed by atoms with Crippen molar-refractivity contribution in [2.75, 3.05) is 0 Å². The zero-order valence-corrected chi connectivity index (χ0v) is 8.19. The maximum atomic E-state index is 5.52. The first-order valence-electron chi connectivity index (χ1n) is 3.74. The molecule has 2 heteroatoms. The zero-order chi connectivity index (χ0) is 8.27. The van der Waals surface area contributed by atoms with Crippen molar-refractivity contribution in [2.24, 2.45) is 5.73 Å². The van der Waals surface area contributed by atoms with E-state index in [-0.39, 0.29) is 0 Å². The van der Waals surface area contributed by atoms with Gasteiger partial charge in [0.05, 0.1) is 0 Å². The Bertz CT molecular complexity index is 223. The van der Waals surface area contributed by atoms with Gasteiger partial charge in [-0.1, -0.05) is 28.9 Å². The summed E-state index contributed by atoms with van der Waals surface area (Å²) in [5.41, 5.74) is 8.05. The molecule has 1 aromatic rings. The van der Waals surface area contributed by atoms with E-state index in [1.165, 1.54) is 11.1 Å². The van der Waals surface area contributed by atoms with Crippen molar-refractivity contribution in [1.29, 1.82) is 0 Å². The second-order valence-electron chi connectivity index (χ2n) is 2.53. The average molecular weight is 214 g/mol. The molecule has 0 unspecified atom stereocenters. The molecule has 1 aromatic carbocycles. The summed E-state index contributed by atoms with van der Waals surface area (Å²) in [6.07, 6.45) is 1.06. The second kappa shape index (κ2) is 3.88. The van der Waals surface area contributed by atoms with Gasteiger partial charge >= 0.3 is 0 Å². The predicted octanol–water partition coefficient (Wildman–Crippen LogP) is 2.47. The minimum atomic E-state index is 0.617. The molecular weight excluding hydrogens is 202 g/mol. The van der Waals surface area contributed by atoms with Gasteiger partial charge in [-0.25, -0.2) is 0 Å². The number of benzene rings is 1. The van der Waals surface area contributed by atoms with Gasteiger partial charge in [0.15, 0.2) is 0 Å². The van der Waals surface area contributed by atoms with E-state index < -0.39 is 0 Å². The van der Waals surface area contributed by atoms with E-state index in [9.17, 15) is 0 Å². The first-order valence-corrected chi connectivity index (χ1v) is 4.54. The summed E-state index contributed by atoms with van der Waals surface area (Å²) in [7, 11) is 0. The van der Waals surface area contributed by atoms with Gasteiger partial charge in [-0.2, -0.15) is 0 Å². The quantitative estimate of drug-likeness (QED) is 0.803. The van der Waals surface area contributed by atoms with Gasteiger partial charge in [-0.05, 0) is 29.7 Å². The smallest absolute Gasteiger partial charge is 0.0181 e. The van der Waals surface area contributed by atoms with Gasteiger partial charge in [-0.3, -0.25) is 0 Å². The summed E-state index contributed by atoms with van der Waals surface area (Å²) >= 11 is 3.44. The van der Waals surface area contributed by atoms with Crippen LogP contribution in [0.2, 0.25) is 0 Å². The fraction of sp³-hybridized carbons (Fsp3) is 0.333. The molecule has 0 bridgehead atoms. The summed E-state index contributed by atoms with van der Waals surface area (Å²) in [4.78, 5) is 0. The molecule has 60 valence electrons. The van der Waals surface area contributed by atoms with Gasteiger partial charge in [-0.15, -0.1) is 0 Å². The number of hydrogen-bond acceptors (Lipinski definition) is 1. The molecule has 0 amide bonds. The van der Waals surface area contributed by atoms with E-state index in [0.717, 1.165) is 10.9 Å². The largest absolute Gasteiger partial charge is 0.326 e. The lowest BCUT2D eigenvalue weighted by Crippen LogP contribution is -1.97. The molecule has 0 aliphatic heterocycles. The van der Waals surface area contributed by atoms with E-state index in [0.29, 0.717) is 6.54 Å². The molecule has 0 spiro atoms. The summed E-state index contributed by atoms with van der Waals surface area (Å²) in [6, 6.07) is 6.32. The maximum Gasteiger partial charge on any atom is 0.0181 e. The molecule has 0 fully saturated rings. The van der Waals surface area contributed by atoms with Crippen LogP contribution in [0.5, 0.6) is 0 Å². The van der Waals surface area contributed by atoms with Crippen LogP contribution < -0.4 is 5.73 Å². The summed E-state index contributed by atoms with van der Waals surface area (Å²) < 4.78 is 1.12. The van der Waals surface area contributed by atoms with Gasteiger partial charge in [0.2, 0.25) is 0 Å². The van der Waals surface area contributed by atoms with Crippen LogP contribution in [0.4, 0.5) is 0 Å². The van der Waals surface area contributed by atoms with Crippen LogP contribution in [-0.2, 0) is 13.0 Å². The highest BCUT2D eigenvalue weighted by atomic mass is 79.9. The van der Waals surface area contributed by atoms with Crippen LogP contribution in [0.1, 0.15) is 18.1 Å². The summed E-state index contributed by atoms with van der Waals surface area (Å²) in [6.45, 7) is 2.76. The van der Waals surface area contributed by atoms with Crippen molar-refractivity contribution in [2.45, 2.75) is 19.9 Å². The third-order valence-electron chi connectivity index (χ3n) is 1.66. The summed E-state index contributed by atoms with van der Waals surface area (Å²) in [5, 5.41) is 0. The minimum absolute atomic E-state index is 0.617. The van der Waals surface area contributed by atoms with Crippen molar-refractivity contribution in [3.8, 4) is 0 Å².